The van der Waals surface area contributed by atoms with Gasteiger partial charge in [-0.15, -0.1) is 238 Å². The fourth-order valence-electron chi connectivity index (χ4n) is 13.3. The fraction of sp³-hybridized carbons (Fsp3) is 0.0761. The number of nitrogens with zero attached hydrogens (tertiary/aromatic N) is 1. The van der Waals surface area contributed by atoms with Crippen LogP contribution in [0.3, 0.4) is 0 Å². The summed E-state index contributed by atoms with van der Waals surface area (Å²) in [5, 5.41) is 38.5. The third-order valence-corrected chi connectivity index (χ3v) is 41.7. The first-order valence-electron chi connectivity index (χ1n) is 36.8. The molecule has 0 aromatic carbocycles. The molecule has 21 heterocycles. The lowest BCUT2D eigenvalue weighted by molar-refractivity contribution is 0.152. The molecule has 0 saturated carbocycles. The first kappa shape index (κ1) is 85.7. The van der Waals surface area contributed by atoms with E-state index >= 15 is 0 Å². The highest BCUT2D eigenvalue weighted by Gasteiger charge is 2.28. The van der Waals surface area contributed by atoms with Crippen LogP contribution in [-0.2, 0) is 25.7 Å². The van der Waals surface area contributed by atoms with Gasteiger partial charge in [-0.2, -0.15) is 5.26 Å². The molecule has 0 amide bonds. The molecule has 0 atom stereocenters. The Morgan fingerprint density at radius 2 is 0.650 bits per heavy atom. The maximum absolute atomic E-state index is 14.2. The predicted molar refractivity (Wildman–Crippen MR) is 543 cm³/mol. The molecule has 28 heteroatoms. The number of hydrogen-bond donors (Lipinski definition) is 0. The molecule has 1 nitrogen and oxygen atoms in total. The van der Waals surface area contributed by atoms with E-state index in [1.165, 1.54) is 167 Å². The van der Waals surface area contributed by atoms with Gasteiger partial charge < -0.3 is 0 Å². The van der Waals surface area contributed by atoms with Crippen LogP contribution in [-0.4, -0.2) is 0 Å². The lowest BCUT2D eigenvalue weighted by Gasteiger charge is -1.99. The molecule has 0 bridgehead atoms. The number of thiophene rings is 21. The van der Waals surface area contributed by atoms with Gasteiger partial charge in [0.05, 0.1) is 27.3 Å². The van der Waals surface area contributed by atoms with Crippen molar-refractivity contribution in [2.24, 2.45) is 0 Å². The Labute approximate surface area is 788 Å². The zero-order valence-electron chi connectivity index (χ0n) is 62.2. The second-order valence-corrected chi connectivity index (χ2v) is 48.2. The maximum atomic E-state index is 14.2. The van der Waals surface area contributed by atoms with Crippen LogP contribution < -0.4 is 0 Å². The summed E-state index contributed by atoms with van der Waals surface area (Å²) < 4.78 is 68.6. The van der Waals surface area contributed by atoms with E-state index in [4.69, 9.17) is 5.26 Å². The zero-order valence-corrected chi connectivity index (χ0v) is 81.5. The molecule has 2 aliphatic carbocycles. The molecular formula is C92H59F5INS21. The van der Waals surface area contributed by atoms with Crippen molar-refractivity contribution in [3.8, 4) is 145 Å². The molecule has 0 spiro atoms. The minimum absolute atomic E-state index is 0.0881. The Morgan fingerprint density at radius 3 is 1.11 bits per heavy atom. The summed E-state index contributed by atoms with van der Waals surface area (Å²) in [6, 6.07) is 65.2. The van der Waals surface area contributed by atoms with Crippen molar-refractivity contribution >= 4 is 261 Å². The molecular weight excluding hydrogens is 2010 g/mol. The highest BCUT2D eigenvalue weighted by Crippen LogP contribution is 2.53. The van der Waals surface area contributed by atoms with Crippen molar-refractivity contribution in [3.63, 3.8) is 0 Å². The van der Waals surface area contributed by atoms with Crippen molar-refractivity contribution in [1.29, 1.82) is 5.26 Å². The molecule has 0 fully saturated rings. The summed E-state index contributed by atoms with van der Waals surface area (Å²) in [4.78, 5) is 30.6. The van der Waals surface area contributed by atoms with Crippen molar-refractivity contribution in [2.45, 2.75) is 45.0 Å². The minimum Gasteiger partial charge on any atom is -0.205 e. The van der Waals surface area contributed by atoms with Crippen molar-refractivity contribution in [3.05, 3.63) is 322 Å². The smallest absolute Gasteiger partial charge is 0.205 e. The van der Waals surface area contributed by atoms with Crippen LogP contribution in [0, 0.1) is 31.7 Å². The number of nitriles is 1. The third kappa shape index (κ3) is 19.9. The Bertz CT molecular complexity index is 6590. The van der Waals surface area contributed by atoms with E-state index in [0.717, 1.165) is 70.3 Å². The number of fused-ring (bicyclic) bond motifs is 2. The van der Waals surface area contributed by atoms with Crippen molar-refractivity contribution in [2.75, 3.05) is 0 Å². The van der Waals surface area contributed by atoms with Gasteiger partial charge in [0.15, 0.2) is 5.82 Å². The van der Waals surface area contributed by atoms with Gasteiger partial charge in [0.25, 0.3) is 6.43 Å². The first-order valence-corrected chi connectivity index (χ1v) is 56.0. The second kappa shape index (κ2) is 41.1. The molecule has 23 rings (SSSR count). The summed E-state index contributed by atoms with van der Waals surface area (Å²) >= 11 is 37.8. The Kier molecular flexibility index (Phi) is 29.4. The molecule has 2 aliphatic rings. The van der Waals surface area contributed by atoms with Gasteiger partial charge in [0.2, 0.25) is 0 Å². The average Bonchev–Trinajstić information content (AvgIpc) is 1.61. The van der Waals surface area contributed by atoms with Crippen LogP contribution in [0.4, 0.5) is 22.0 Å². The highest BCUT2D eigenvalue weighted by molar-refractivity contribution is 14.1. The third-order valence-electron chi connectivity index (χ3n) is 18.6. The number of alkyl halides is 2. The molecule has 0 N–H and O–H groups in total. The van der Waals surface area contributed by atoms with Crippen LogP contribution in [0.5, 0.6) is 0 Å². The van der Waals surface area contributed by atoms with Gasteiger partial charge in [-0.3, -0.25) is 0 Å². The van der Waals surface area contributed by atoms with Crippen molar-refractivity contribution < 1.29 is 22.0 Å². The Hall–Kier alpha value is -6.43. The first-order chi connectivity index (χ1) is 59.0. The normalized spacial score (nSPS) is 11.8. The van der Waals surface area contributed by atoms with E-state index in [9.17, 15) is 22.0 Å². The predicted octanol–water partition coefficient (Wildman–Crippen LogP) is 39.2. The molecule has 21 aromatic heterocycles. The van der Waals surface area contributed by atoms with Gasteiger partial charge in [-0.05, 0) is 281 Å². The van der Waals surface area contributed by atoms with Crippen LogP contribution in [0.2, 0.25) is 0 Å². The van der Waals surface area contributed by atoms with E-state index in [1.54, 1.807) is 163 Å². The monoisotopic (exact) mass is 2070 g/mol. The molecule has 600 valence electrons. The molecule has 0 saturated heterocycles. The van der Waals surface area contributed by atoms with E-state index in [2.05, 4.69) is 129 Å². The molecule has 0 unspecified atom stereocenters. The minimum atomic E-state index is -2.40. The highest BCUT2D eigenvalue weighted by atomic mass is 127. The number of halogens is 6. The average molecular weight is 2070 g/mol. The van der Waals surface area contributed by atoms with E-state index in [-0.39, 0.29) is 23.0 Å². The van der Waals surface area contributed by atoms with Gasteiger partial charge in [0, 0.05) is 131 Å². The van der Waals surface area contributed by atoms with E-state index < -0.39 is 6.43 Å². The van der Waals surface area contributed by atoms with Crippen LogP contribution >= 0.6 is 261 Å². The van der Waals surface area contributed by atoms with Gasteiger partial charge in [0.1, 0.15) is 22.6 Å². The molecule has 0 radical (unpaired) electrons. The molecule has 120 heavy (non-hydrogen) atoms. The van der Waals surface area contributed by atoms with Crippen LogP contribution in [0.25, 0.3) is 139 Å². The Morgan fingerprint density at radius 1 is 0.275 bits per heavy atom. The Balaban J connectivity index is 0.0000001000. The zero-order chi connectivity index (χ0) is 81.8. The molecule has 0 aliphatic heterocycles. The summed E-state index contributed by atoms with van der Waals surface area (Å²) in [5.74, 6) is -0.327. The number of hydrogen-bond acceptors (Lipinski definition) is 22. The summed E-state index contributed by atoms with van der Waals surface area (Å²) in [7, 11) is 0. The van der Waals surface area contributed by atoms with Crippen LogP contribution in [0.1, 0.15) is 52.0 Å². The topological polar surface area (TPSA) is 23.8 Å². The van der Waals surface area contributed by atoms with Gasteiger partial charge >= 0.3 is 0 Å². The fourth-order valence-corrected chi connectivity index (χ4v) is 34.1. The van der Waals surface area contributed by atoms with Crippen molar-refractivity contribution in [1.82, 2.24) is 0 Å². The number of rotatable bonds is 15. The standard InChI is InChI=1S/C15H11IS3.C15H12S3.C13H8F2S3.C13H7NS3.3C12H7FS3/c16-13-7-6-12(18-13)15-10-4-1-3-9(10)14(19-15)11-5-2-8-17-11;1-4-10-11(5-1)15(13-7-3-9-17-13)18-14(10)12-6-2-8-16-12;14-13(15)8-5-7-17-12(8)11-4-3-10(18-11)9-2-1-6-16-9;14-8-9-3-4-12(16-9)13-6-5-11(17-13)10-2-1-7-15-10;13-8-7-16-12(10-4-2-6-15-10)11(8)9-3-1-5-14-9;13-11-8(9-3-1-5-14-9)7-16-12(11)10-4-2-6-15-10;13-9-4-7-15-11(9)8-3-6-16-12(8)10-2-1-5-14-10/h2,5-8H,1,3-4H2;2-3,6-9H,1,4-5H2;1-7,13H;1-7H;3*1-7H. The van der Waals surface area contributed by atoms with Crippen LogP contribution in [0.15, 0.2) is 269 Å². The molecule has 21 aromatic rings. The lowest BCUT2D eigenvalue weighted by Crippen LogP contribution is -1.81. The summed E-state index contributed by atoms with van der Waals surface area (Å²) in [6.45, 7) is 0. The lowest BCUT2D eigenvalue weighted by atomic mass is 10.1. The van der Waals surface area contributed by atoms with Gasteiger partial charge in [-0.25, -0.2) is 22.0 Å². The van der Waals surface area contributed by atoms with E-state index in [0.29, 0.717) is 4.88 Å². The second-order valence-electron chi connectivity index (χ2n) is 26.0. The summed E-state index contributed by atoms with van der Waals surface area (Å²) in [5.41, 5.74) is 9.15. The quantitative estimate of drug-likeness (QED) is 0.0741. The largest absolute Gasteiger partial charge is 0.265 e. The SMILES string of the molecule is FC(F)c1ccsc1-c1ccc(-c2cccs2)s1.Fc1c(-c2cccs2)csc1-c1cccs1.Fc1ccsc1-c1ccsc1-c1cccs1.Fc1csc(-c2cccs2)c1-c1cccs1.Ic1ccc(-c2sc(-c3cccs3)c3c2CCC3)s1.N#Cc1ccc(-c2ccc(-c3cccs3)s2)s1.c1csc(-c2sc(-c3cccs3)c3c2CCC3)c1. The maximum Gasteiger partial charge on any atom is 0.265 e. The van der Waals surface area contributed by atoms with Gasteiger partial charge in [-0.1, -0.05) is 60.7 Å². The summed E-state index contributed by atoms with van der Waals surface area (Å²) in [6.07, 6.45) is 5.32. The van der Waals surface area contributed by atoms with E-state index in [1.807, 2.05) is 208 Å².